The molecule has 0 radical (unpaired) electrons. The Balaban J connectivity index is 1.93. The van der Waals surface area contributed by atoms with E-state index in [1.807, 2.05) is 6.92 Å². The van der Waals surface area contributed by atoms with Gasteiger partial charge in [-0.3, -0.25) is 14.5 Å². The molecule has 0 saturated carbocycles. The van der Waals surface area contributed by atoms with Crippen LogP contribution in [0.25, 0.3) is 0 Å². The van der Waals surface area contributed by atoms with Crippen LogP contribution in [0.2, 0.25) is 0 Å². The van der Waals surface area contributed by atoms with Crippen LogP contribution >= 0.6 is 0 Å². The number of urea groups is 1. The molecule has 7 heteroatoms. The Bertz CT molecular complexity index is 571. The van der Waals surface area contributed by atoms with Crippen LogP contribution in [0, 0.1) is 0 Å². The first-order valence-corrected chi connectivity index (χ1v) is 7.11. The fourth-order valence-corrected chi connectivity index (χ4v) is 2.23. The minimum absolute atomic E-state index is 0.295. The van der Waals surface area contributed by atoms with Crippen molar-refractivity contribution in [2.75, 3.05) is 19.0 Å². The molecule has 22 heavy (non-hydrogen) atoms. The lowest BCUT2D eigenvalue weighted by Gasteiger charge is -2.13. The van der Waals surface area contributed by atoms with Gasteiger partial charge in [-0.2, -0.15) is 0 Å². The molecule has 0 unspecified atom stereocenters. The minimum atomic E-state index is -0.522. The second-order valence-electron chi connectivity index (χ2n) is 4.99. The van der Waals surface area contributed by atoms with Gasteiger partial charge < -0.3 is 15.4 Å². The fraction of sp³-hybridized carbons (Fsp3) is 0.400. The zero-order chi connectivity index (χ0) is 16.1. The van der Waals surface area contributed by atoms with E-state index in [4.69, 9.17) is 4.74 Å². The standard InChI is InChI=1S/C15H19N3O4/c1-3-4-12-14(20)18(15(21)17-12)9-13(19)16-10-5-7-11(22-2)8-6-10/h5-8,12H,3-4,9H2,1-2H3,(H,16,19)(H,17,21)/t12-/m0/s1. The quantitative estimate of drug-likeness (QED) is 0.777. The lowest BCUT2D eigenvalue weighted by Crippen LogP contribution is -2.38. The summed E-state index contributed by atoms with van der Waals surface area (Å²) in [7, 11) is 1.55. The van der Waals surface area contributed by atoms with Gasteiger partial charge in [0, 0.05) is 5.69 Å². The Morgan fingerprint density at radius 3 is 2.59 bits per heavy atom. The molecule has 2 rings (SSSR count). The van der Waals surface area contributed by atoms with Gasteiger partial charge >= 0.3 is 6.03 Å². The molecule has 0 aromatic heterocycles. The summed E-state index contributed by atoms with van der Waals surface area (Å²) < 4.78 is 5.03. The number of imide groups is 1. The second kappa shape index (κ2) is 6.93. The van der Waals surface area contributed by atoms with Gasteiger partial charge in [0.2, 0.25) is 5.91 Å². The van der Waals surface area contributed by atoms with Gasteiger partial charge in [-0.15, -0.1) is 0 Å². The number of anilines is 1. The lowest BCUT2D eigenvalue weighted by molar-refractivity contribution is -0.130. The largest absolute Gasteiger partial charge is 0.497 e. The summed E-state index contributed by atoms with van der Waals surface area (Å²) >= 11 is 0. The van der Waals surface area contributed by atoms with Crippen LogP contribution in [-0.4, -0.2) is 42.4 Å². The van der Waals surface area contributed by atoms with Crippen molar-refractivity contribution in [3.8, 4) is 5.75 Å². The number of hydrogen-bond acceptors (Lipinski definition) is 4. The Morgan fingerprint density at radius 1 is 1.32 bits per heavy atom. The van der Waals surface area contributed by atoms with Crippen LogP contribution < -0.4 is 15.4 Å². The summed E-state index contributed by atoms with van der Waals surface area (Å²) in [6, 6.07) is 5.74. The summed E-state index contributed by atoms with van der Waals surface area (Å²) in [5.41, 5.74) is 0.572. The highest BCUT2D eigenvalue weighted by Gasteiger charge is 2.38. The number of carbonyl (C=O) groups excluding carboxylic acids is 3. The number of nitrogens with zero attached hydrogens (tertiary/aromatic N) is 1. The van der Waals surface area contributed by atoms with E-state index in [1.54, 1.807) is 31.4 Å². The minimum Gasteiger partial charge on any atom is -0.497 e. The molecule has 1 aliphatic rings. The first-order chi connectivity index (χ1) is 10.5. The molecule has 7 nitrogen and oxygen atoms in total. The van der Waals surface area contributed by atoms with Gasteiger partial charge in [0.1, 0.15) is 18.3 Å². The van der Waals surface area contributed by atoms with Crippen LogP contribution in [0.4, 0.5) is 10.5 Å². The van der Waals surface area contributed by atoms with Gasteiger partial charge in [0.05, 0.1) is 7.11 Å². The van der Waals surface area contributed by atoms with E-state index in [0.717, 1.165) is 11.3 Å². The monoisotopic (exact) mass is 305 g/mol. The van der Waals surface area contributed by atoms with E-state index in [2.05, 4.69) is 10.6 Å². The smallest absolute Gasteiger partial charge is 0.325 e. The van der Waals surface area contributed by atoms with E-state index in [0.29, 0.717) is 17.9 Å². The third-order valence-electron chi connectivity index (χ3n) is 3.36. The molecule has 1 aliphatic heterocycles. The topological polar surface area (TPSA) is 87.7 Å². The number of ether oxygens (including phenoxy) is 1. The maximum Gasteiger partial charge on any atom is 0.325 e. The van der Waals surface area contributed by atoms with Gasteiger partial charge in [0.15, 0.2) is 0 Å². The Labute approximate surface area is 128 Å². The van der Waals surface area contributed by atoms with E-state index in [-0.39, 0.29) is 12.5 Å². The van der Waals surface area contributed by atoms with E-state index >= 15 is 0 Å². The molecule has 4 amide bonds. The third-order valence-corrected chi connectivity index (χ3v) is 3.36. The molecule has 0 bridgehead atoms. The second-order valence-corrected chi connectivity index (χ2v) is 4.99. The Morgan fingerprint density at radius 2 is 2.00 bits per heavy atom. The first-order valence-electron chi connectivity index (χ1n) is 7.11. The Hall–Kier alpha value is -2.57. The number of hydrogen-bond donors (Lipinski definition) is 2. The maximum atomic E-state index is 12.0. The summed E-state index contributed by atoms with van der Waals surface area (Å²) in [5, 5.41) is 5.22. The first kappa shape index (κ1) is 15.8. The van der Waals surface area contributed by atoms with Crippen molar-refractivity contribution in [3.05, 3.63) is 24.3 Å². The molecule has 1 aromatic carbocycles. The number of nitrogens with one attached hydrogen (secondary N) is 2. The predicted octanol–water partition coefficient (Wildman–Crippen LogP) is 1.35. The van der Waals surface area contributed by atoms with Crippen LogP contribution in [0.5, 0.6) is 5.75 Å². The van der Waals surface area contributed by atoms with E-state index in [1.165, 1.54) is 0 Å². The van der Waals surface area contributed by atoms with Crippen LogP contribution in [0.1, 0.15) is 19.8 Å². The van der Waals surface area contributed by atoms with Crippen molar-refractivity contribution < 1.29 is 19.1 Å². The van der Waals surface area contributed by atoms with Crippen molar-refractivity contribution in [1.29, 1.82) is 0 Å². The molecule has 1 atom stereocenters. The normalized spacial score (nSPS) is 17.4. The van der Waals surface area contributed by atoms with Crippen molar-refractivity contribution >= 4 is 23.5 Å². The van der Waals surface area contributed by atoms with Crippen molar-refractivity contribution in [1.82, 2.24) is 10.2 Å². The summed E-state index contributed by atoms with van der Waals surface area (Å²) in [6.07, 6.45) is 1.35. The van der Waals surface area contributed by atoms with Crippen LogP contribution in [0.15, 0.2) is 24.3 Å². The molecule has 1 heterocycles. The highest BCUT2D eigenvalue weighted by Crippen LogP contribution is 2.15. The molecule has 118 valence electrons. The maximum absolute atomic E-state index is 12.0. The lowest BCUT2D eigenvalue weighted by atomic mass is 10.2. The molecule has 1 fully saturated rings. The fourth-order valence-electron chi connectivity index (χ4n) is 2.23. The highest BCUT2D eigenvalue weighted by molar-refractivity contribution is 6.07. The van der Waals surface area contributed by atoms with Crippen molar-refractivity contribution in [3.63, 3.8) is 0 Å². The number of benzene rings is 1. The molecule has 2 N–H and O–H groups in total. The van der Waals surface area contributed by atoms with Crippen LogP contribution in [0.3, 0.4) is 0 Å². The van der Waals surface area contributed by atoms with E-state index in [9.17, 15) is 14.4 Å². The van der Waals surface area contributed by atoms with Gasteiger partial charge in [-0.05, 0) is 30.7 Å². The molecular formula is C15H19N3O4. The van der Waals surface area contributed by atoms with Gasteiger partial charge in [-0.1, -0.05) is 13.3 Å². The van der Waals surface area contributed by atoms with Gasteiger partial charge in [0.25, 0.3) is 5.91 Å². The van der Waals surface area contributed by atoms with Crippen LogP contribution in [-0.2, 0) is 9.59 Å². The zero-order valence-corrected chi connectivity index (χ0v) is 12.6. The molecule has 0 aliphatic carbocycles. The zero-order valence-electron chi connectivity index (χ0n) is 12.6. The number of amides is 4. The highest BCUT2D eigenvalue weighted by atomic mass is 16.5. The summed E-state index contributed by atoms with van der Waals surface area (Å²) in [4.78, 5) is 36.7. The average Bonchev–Trinajstić information content (AvgIpc) is 2.76. The van der Waals surface area contributed by atoms with E-state index < -0.39 is 18.0 Å². The average molecular weight is 305 g/mol. The number of methoxy groups -OCH3 is 1. The molecular weight excluding hydrogens is 286 g/mol. The molecule has 0 spiro atoms. The molecule has 1 saturated heterocycles. The molecule has 1 aromatic rings. The van der Waals surface area contributed by atoms with Crippen molar-refractivity contribution in [2.24, 2.45) is 0 Å². The number of carbonyl (C=O) groups is 3. The predicted molar refractivity (Wildman–Crippen MR) is 80.6 cm³/mol. The summed E-state index contributed by atoms with van der Waals surface area (Å²) in [5.74, 6) is -0.1000. The number of rotatable bonds is 6. The third kappa shape index (κ3) is 3.55. The SMILES string of the molecule is CCC[C@@H]1NC(=O)N(CC(=O)Nc2ccc(OC)cc2)C1=O. The Kier molecular flexibility index (Phi) is 4.98. The van der Waals surface area contributed by atoms with Gasteiger partial charge in [-0.25, -0.2) is 4.79 Å². The van der Waals surface area contributed by atoms with Crippen molar-refractivity contribution in [2.45, 2.75) is 25.8 Å². The summed E-state index contributed by atoms with van der Waals surface area (Å²) in [6.45, 7) is 1.63.